The van der Waals surface area contributed by atoms with Crippen LogP contribution in [0.3, 0.4) is 0 Å². The van der Waals surface area contributed by atoms with Crippen LogP contribution in [0, 0.1) is 11.3 Å². The molecular formula is C31H35N3O3. The van der Waals surface area contributed by atoms with Gasteiger partial charge in [-0.25, -0.2) is 0 Å². The van der Waals surface area contributed by atoms with Crippen LogP contribution < -0.4 is 5.73 Å². The summed E-state index contributed by atoms with van der Waals surface area (Å²) < 4.78 is 6.17. The highest BCUT2D eigenvalue weighted by atomic mass is 16.5. The molecule has 0 unspecified atom stereocenters. The van der Waals surface area contributed by atoms with Crippen LogP contribution in [0.5, 0.6) is 5.75 Å². The van der Waals surface area contributed by atoms with Gasteiger partial charge in [-0.15, -0.1) is 0 Å². The van der Waals surface area contributed by atoms with Gasteiger partial charge in [0.1, 0.15) is 5.75 Å². The molecule has 1 aliphatic heterocycles. The molecule has 0 saturated carbocycles. The Balaban J connectivity index is 1.47. The van der Waals surface area contributed by atoms with Gasteiger partial charge in [0.15, 0.2) is 0 Å². The molecule has 1 atom stereocenters. The molecule has 0 aromatic heterocycles. The fraction of sp³-hybridized carbons (Fsp3) is 0.355. The van der Waals surface area contributed by atoms with E-state index in [9.17, 15) is 15.2 Å². The Bertz CT molecular complexity index is 1210. The number of carbonyl (C=O) groups excluding carboxylic acids is 1. The van der Waals surface area contributed by atoms with E-state index in [4.69, 9.17) is 10.5 Å². The number of carbonyl (C=O) groups is 1. The summed E-state index contributed by atoms with van der Waals surface area (Å²) >= 11 is 0. The van der Waals surface area contributed by atoms with Crippen molar-refractivity contribution in [3.05, 3.63) is 101 Å². The SMILES string of the molecule is CC(C)(CCC(C(N)=O)(c1ccccc1)c1ccccc1)N1CC[C@H](OCc2ccc(O)cc2C#N)C1. The van der Waals surface area contributed by atoms with E-state index in [1.54, 1.807) is 12.1 Å². The van der Waals surface area contributed by atoms with Crippen molar-refractivity contribution in [2.75, 3.05) is 13.1 Å². The molecule has 6 nitrogen and oxygen atoms in total. The van der Waals surface area contributed by atoms with E-state index < -0.39 is 5.41 Å². The highest BCUT2D eigenvalue weighted by Gasteiger charge is 2.43. The van der Waals surface area contributed by atoms with Crippen molar-refractivity contribution in [2.24, 2.45) is 5.73 Å². The minimum Gasteiger partial charge on any atom is -0.508 e. The number of ether oxygens (including phenoxy) is 1. The molecule has 3 aromatic carbocycles. The lowest BCUT2D eigenvalue weighted by Crippen LogP contribution is -2.47. The lowest BCUT2D eigenvalue weighted by molar-refractivity contribution is -0.122. The maximum atomic E-state index is 13.2. The monoisotopic (exact) mass is 497 g/mol. The molecule has 0 spiro atoms. The van der Waals surface area contributed by atoms with Crippen molar-refractivity contribution in [2.45, 2.75) is 56.8 Å². The van der Waals surface area contributed by atoms with Gasteiger partial charge in [0.2, 0.25) is 5.91 Å². The number of phenols is 1. The maximum absolute atomic E-state index is 13.2. The number of rotatable bonds is 10. The predicted molar refractivity (Wildman–Crippen MR) is 144 cm³/mol. The van der Waals surface area contributed by atoms with Crippen LogP contribution in [0.1, 0.15) is 55.4 Å². The maximum Gasteiger partial charge on any atom is 0.232 e. The normalized spacial score (nSPS) is 16.4. The summed E-state index contributed by atoms with van der Waals surface area (Å²) in [4.78, 5) is 15.6. The number of amides is 1. The van der Waals surface area contributed by atoms with E-state index in [0.717, 1.165) is 42.6 Å². The van der Waals surface area contributed by atoms with Gasteiger partial charge < -0.3 is 15.6 Å². The van der Waals surface area contributed by atoms with E-state index >= 15 is 0 Å². The summed E-state index contributed by atoms with van der Waals surface area (Å²) in [6.07, 6.45) is 2.29. The van der Waals surface area contributed by atoms with Gasteiger partial charge in [-0.05, 0) is 61.9 Å². The zero-order valence-corrected chi connectivity index (χ0v) is 21.6. The fourth-order valence-electron chi connectivity index (χ4n) is 5.38. The summed E-state index contributed by atoms with van der Waals surface area (Å²) in [6.45, 7) is 6.41. The van der Waals surface area contributed by atoms with E-state index in [1.807, 2.05) is 60.7 Å². The molecule has 1 saturated heterocycles. The second kappa shape index (κ2) is 11.2. The van der Waals surface area contributed by atoms with Crippen molar-refractivity contribution in [1.82, 2.24) is 4.90 Å². The second-order valence-electron chi connectivity index (χ2n) is 10.4. The summed E-state index contributed by atoms with van der Waals surface area (Å²) in [5.41, 5.74) is 8.09. The lowest BCUT2D eigenvalue weighted by Gasteiger charge is -2.40. The van der Waals surface area contributed by atoms with Crippen LogP contribution in [-0.4, -0.2) is 40.6 Å². The molecule has 3 aromatic rings. The highest BCUT2D eigenvalue weighted by Crippen LogP contribution is 2.40. The molecule has 1 fully saturated rings. The minimum atomic E-state index is -0.915. The van der Waals surface area contributed by atoms with Crippen LogP contribution >= 0.6 is 0 Å². The summed E-state index contributed by atoms with van der Waals surface area (Å²) in [5, 5.41) is 19.0. The van der Waals surface area contributed by atoms with Gasteiger partial charge in [0.05, 0.1) is 29.8 Å². The predicted octanol–water partition coefficient (Wildman–Crippen LogP) is 4.89. The van der Waals surface area contributed by atoms with Gasteiger partial charge in [0, 0.05) is 18.6 Å². The smallest absolute Gasteiger partial charge is 0.232 e. The average Bonchev–Trinajstić information content (AvgIpc) is 3.39. The Hall–Kier alpha value is -3.66. The van der Waals surface area contributed by atoms with Crippen molar-refractivity contribution < 1.29 is 14.6 Å². The topological polar surface area (TPSA) is 99.6 Å². The number of phenolic OH excluding ortho intramolecular Hbond substituents is 1. The number of nitrogens with zero attached hydrogens (tertiary/aromatic N) is 2. The molecule has 6 heteroatoms. The Morgan fingerprint density at radius 3 is 2.24 bits per heavy atom. The van der Waals surface area contributed by atoms with E-state index in [1.165, 1.54) is 6.07 Å². The lowest BCUT2D eigenvalue weighted by atomic mass is 9.69. The quantitative estimate of drug-likeness (QED) is 0.416. The van der Waals surface area contributed by atoms with Gasteiger partial charge in [-0.3, -0.25) is 9.69 Å². The Morgan fingerprint density at radius 1 is 1.05 bits per heavy atom. The third kappa shape index (κ3) is 5.69. The minimum absolute atomic E-state index is 0.0452. The number of likely N-dealkylation sites (tertiary alicyclic amines) is 1. The first kappa shape index (κ1) is 26.4. The van der Waals surface area contributed by atoms with Gasteiger partial charge in [0.25, 0.3) is 0 Å². The van der Waals surface area contributed by atoms with Crippen LogP contribution in [-0.2, 0) is 21.6 Å². The van der Waals surface area contributed by atoms with Gasteiger partial charge in [-0.1, -0.05) is 66.7 Å². The Kier molecular flexibility index (Phi) is 7.97. The van der Waals surface area contributed by atoms with Crippen molar-refractivity contribution >= 4 is 5.91 Å². The largest absolute Gasteiger partial charge is 0.508 e. The van der Waals surface area contributed by atoms with Crippen molar-refractivity contribution in [3.8, 4) is 11.8 Å². The van der Waals surface area contributed by atoms with Gasteiger partial charge in [-0.2, -0.15) is 5.26 Å². The van der Waals surface area contributed by atoms with E-state index in [0.29, 0.717) is 18.6 Å². The first-order chi connectivity index (χ1) is 17.8. The summed E-state index contributed by atoms with van der Waals surface area (Å²) in [6, 6.07) is 26.6. The fourth-order valence-corrected chi connectivity index (χ4v) is 5.38. The summed E-state index contributed by atoms with van der Waals surface area (Å²) in [7, 11) is 0. The standard InChI is InChI=1S/C31H35N3O3/c1-30(2,34-18-15-28(21-34)37-22-23-13-14-27(35)19-24(23)20-32)16-17-31(29(33)36,25-9-5-3-6-10-25)26-11-7-4-8-12-26/h3-14,19,28,35H,15-18,21-22H2,1-2H3,(H2,33,36)/t28-/m0/s1. The van der Waals surface area contributed by atoms with Crippen LogP contribution in [0.2, 0.25) is 0 Å². The molecule has 0 aliphatic carbocycles. The number of hydrogen-bond donors (Lipinski definition) is 2. The summed E-state index contributed by atoms with van der Waals surface area (Å²) in [5.74, 6) is -0.266. The highest BCUT2D eigenvalue weighted by molar-refractivity contribution is 5.90. The molecule has 192 valence electrons. The number of primary amides is 1. The number of nitrogens with two attached hydrogens (primary N) is 1. The van der Waals surface area contributed by atoms with Crippen LogP contribution in [0.25, 0.3) is 0 Å². The zero-order chi connectivity index (χ0) is 26.5. The number of hydrogen-bond acceptors (Lipinski definition) is 5. The van der Waals surface area contributed by atoms with Crippen LogP contribution in [0.4, 0.5) is 0 Å². The first-order valence-corrected chi connectivity index (χ1v) is 12.8. The number of benzene rings is 3. The Morgan fingerprint density at radius 2 is 1.68 bits per heavy atom. The third-order valence-electron chi connectivity index (χ3n) is 7.76. The molecule has 1 heterocycles. The molecule has 0 radical (unpaired) electrons. The van der Waals surface area contributed by atoms with Crippen molar-refractivity contribution in [3.63, 3.8) is 0 Å². The molecule has 0 bridgehead atoms. The van der Waals surface area contributed by atoms with Crippen LogP contribution in [0.15, 0.2) is 78.9 Å². The molecule has 1 aliphatic rings. The Labute approximate surface area is 219 Å². The van der Waals surface area contributed by atoms with E-state index in [2.05, 4.69) is 24.8 Å². The number of nitriles is 1. The zero-order valence-electron chi connectivity index (χ0n) is 21.6. The van der Waals surface area contributed by atoms with Gasteiger partial charge >= 0.3 is 0 Å². The van der Waals surface area contributed by atoms with E-state index in [-0.39, 0.29) is 23.3 Å². The van der Waals surface area contributed by atoms with Crippen molar-refractivity contribution in [1.29, 1.82) is 5.26 Å². The molecule has 4 rings (SSSR count). The molecule has 1 amide bonds. The molecular weight excluding hydrogens is 462 g/mol. The third-order valence-corrected chi connectivity index (χ3v) is 7.76. The molecule has 37 heavy (non-hydrogen) atoms. The second-order valence-corrected chi connectivity index (χ2v) is 10.4. The number of aromatic hydroxyl groups is 1. The average molecular weight is 498 g/mol. The molecule has 3 N–H and O–H groups in total. The first-order valence-electron chi connectivity index (χ1n) is 12.8.